The van der Waals surface area contributed by atoms with Gasteiger partial charge in [-0.25, -0.2) is 9.98 Å². The van der Waals surface area contributed by atoms with Crippen LogP contribution in [0.3, 0.4) is 0 Å². The fourth-order valence-electron chi connectivity index (χ4n) is 1.99. The number of benzene rings is 2. The van der Waals surface area contributed by atoms with Crippen LogP contribution in [0.15, 0.2) is 58.5 Å². The summed E-state index contributed by atoms with van der Waals surface area (Å²) >= 11 is 1.63. The highest BCUT2D eigenvalue weighted by Gasteiger charge is 2.06. The van der Waals surface area contributed by atoms with Gasteiger partial charge in [0.15, 0.2) is 5.96 Å². The van der Waals surface area contributed by atoms with Gasteiger partial charge in [0.2, 0.25) is 5.96 Å². The highest BCUT2D eigenvalue weighted by molar-refractivity contribution is 7.21. The van der Waals surface area contributed by atoms with Crippen molar-refractivity contribution in [2.75, 3.05) is 0 Å². The number of para-hydroxylation sites is 1. The van der Waals surface area contributed by atoms with Crippen LogP contribution in [-0.2, 0) is 0 Å². The van der Waals surface area contributed by atoms with Crippen molar-refractivity contribution in [2.24, 2.45) is 27.2 Å². The Bertz CT molecular complexity index is 843. The lowest BCUT2D eigenvalue weighted by molar-refractivity contribution is 1.38. The van der Waals surface area contributed by atoms with E-state index >= 15 is 0 Å². The Hall–Kier alpha value is -2.93. The standard InChI is InChI=1S/C15H14N6S/c16-14(17)21-15(18)19-10-5-3-4-9(8-10)13-20-11-6-1-2-7-12(11)22-13/h1-8H,(H6,16,17,18,19,21). The smallest absolute Gasteiger partial charge is 0.223 e. The SMILES string of the molecule is NC(N)=NC(N)=Nc1cccc(-c2nc3ccccc3s2)c1. The summed E-state index contributed by atoms with van der Waals surface area (Å²) in [6.45, 7) is 0. The molecule has 0 atom stereocenters. The summed E-state index contributed by atoms with van der Waals surface area (Å²) in [4.78, 5) is 12.5. The number of guanidine groups is 2. The molecule has 0 fully saturated rings. The van der Waals surface area contributed by atoms with E-state index in [9.17, 15) is 0 Å². The Morgan fingerprint density at radius 3 is 2.59 bits per heavy atom. The van der Waals surface area contributed by atoms with Gasteiger partial charge in [0, 0.05) is 5.56 Å². The molecule has 0 saturated carbocycles. The van der Waals surface area contributed by atoms with Gasteiger partial charge < -0.3 is 17.2 Å². The fraction of sp³-hybridized carbons (Fsp3) is 0. The molecule has 7 heteroatoms. The molecule has 3 aromatic rings. The maximum absolute atomic E-state index is 5.65. The number of hydrogen-bond donors (Lipinski definition) is 3. The maximum Gasteiger partial charge on any atom is 0.223 e. The Balaban J connectivity index is 1.99. The molecule has 2 aromatic carbocycles. The van der Waals surface area contributed by atoms with Crippen molar-refractivity contribution in [1.29, 1.82) is 0 Å². The minimum Gasteiger partial charge on any atom is -0.370 e. The molecule has 0 radical (unpaired) electrons. The van der Waals surface area contributed by atoms with E-state index in [-0.39, 0.29) is 11.9 Å². The van der Waals surface area contributed by atoms with Crippen LogP contribution in [0.4, 0.5) is 5.69 Å². The molecule has 110 valence electrons. The lowest BCUT2D eigenvalue weighted by atomic mass is 10.2. The summed E-state index contributed by atoms with van der Waals surface area (Å²) < 4.78 is 1.14. The highest BCUT2D eigenvalue weighted by atomic mass is 32.1. The third-order valence-corrected chi connectivity index (χ3v) is 3.96. The van der Waals surface area contributed by atoms with Gasteiger partial charge in [-0.05, 0) is 24.3 Å². The summed E-state index contributed by atoms with van der Waals surface area (Å²) in [6, 6.07) is 15.6. The van der Waals surface area contributed by atoms with E-state index in [1.54, 1.807) is 11.3 Å². The predicted octanol–water partition coefficient (Wildman–Crippen LogP) is 2.18. The van der Waals surface area contributed by atoms with Crippen molar-refractivity contribution in [3.8, 4) is 10.6 Å². The van der Waals surface area contributed by atoms with Crippen LogP contribution in [0.25, 0.3) is 20.8 Å². The van der Waals surface area contributed by atoms with Crippen LogP contribution in [0, 0.1) is 0 Å². The first-order valence-electron chi connectivity index (χ1n) is 6.51. The second-order valence-electron chi connectivity index (χ2n) is 4.54. The lowest BCUT2D eigenvalue weighted by Gasteiger charge is -1.99. The Morgan fingerprint density at radius 2 is 1.82 bits per heavy atom. The first-order valence-corrected chi connectivity index (χ1v) is 7.33. The van der Waals surface area contributed by atoms with E-state index in [0.717, 1.165) is 20.8 Å². The number of nitrogens with zero attached hydrogens (tertiary/aromatic N) is 3. The molecule has 1 aromatic heterocycles. The van der Waals surface area contributed by atoms with Crippen LogP contribution < -0.4 is 17.2 Å². The number of rotatable bonds is 2. The molecule has 6 N–H and O–H groups in total. The number of thiazole rings is 1. The van der Waals surface area contributed by atoms with Crippen molar-refractivity contribution in [2.45, 2.75) is 0 Å². The predicted molar refractivity (Wildman–Crippen MR) is 92.1 cm³/mol. The van der Waals surface area contributed by atoms with E-state index in [1.807, 2.05) is 42.5 Å². The first-order chi connectivity index (χ1) is 10.6. The maximum atomic E-state index is 5.65. The zero-order chi connectivity index (χ0) is 15.5. The molecular weight excluding hydrogens is 296 g/mol. The van der Waals surface area contributed by atoms with Crippen molar-refractivity contribution < 1.29 is 0 Å². The average molecular weight is 310 g/mol. The molecule has 3 rings (SSSR count). The number of hydrogen-bond acceptors (Lipinski definition) is 3. The Morgan fingerprint density at radius 1 is 1.00 bits per heavy atom. The molecule has 0 aliphatic heterocycles. The molecule has 0 amide bonds. The normalized spacial score (nSPS) is 11.5. The van der Waals surface area contributed by atoms with Crippen LogP contribution in [0.5, 0.6) is 0 Å². The second-order valence-corrected chi connectivity index (χ2v) is 5.57. The molecule has 1 heterocycles. The minimum absolute atomic E-state index is 0.0152. The van der Waals surface area contributed by atoms with Gasteiger partial charge in [0.1, 0.15) is 5.01 Å². The van der Waals surface area contributed by atoms with Gasteiger partial charge in [-0.15, -0.1) is 11.3 Å². The average Bonchev–Trinajstić information content (AvgIpc) is 2.90. The van der Waals surface area contributed by atoms with Gasteiger partial charge in [0.05, 0.1) is 15.9 Å². The van der Waals surface area contributed by atoms with Gasteiger partial charge in [-0.1, -0.05) is 24.3 Å². The third kappa shape index (κ3) is 3.04. The van der Waals surface area contributed by atoms with Gasteiger partial charge in [0.25, 0.3) is 0 Å². The number of nitrogens with two attached hydrogens (primary N) is 3. The topological polar surface area (TPSA) is 116 Å². The summed E-state index contributed by atoms with van der Waals surface area (Å²) in [5.74, 6) is -0.106. The minimum atomic E-state index is -0.122. The quantitative estimate of drug-likeness (QED) is 0.497. The van der Waals surface area contributed by atoms with Crippen molar-refractivity contribution in [3.05, 3.63) is 48.5 Å². The molecule has 0 unspecified atom stereocenters. The van der Waals surface area contributed by atoms with E-state index in [4.69, 9.17) is 17.2 Å². The molecule has 6 nitrogen and oxygen atoms in total. The van der Waals surface area contributed by atoms with Crippen molar-refractivity contribution >= 4 is 39.2 Å². The van der Waals surface area contributed by atoms with Crippen LogP contribution in [0.1, 0.15) is 0 Å². The summed E-state index contributed by atoms with van der Waals surface area (Å²) in [7, 11) is 0. The van der Waals surface area contributed by atoms with Crippen LogP contribution in [-0.4, -0.2) is 16.9 Å². The summed E-state index contributed by atoms with van der Waals surface area (Å²) in [5, 5.41) is 0.929. The molecule has 0 aliphatic rings. The number of aliphatic imine (C=N–C) groups is 2. The third-order valence-electron chi connectivity index (χ3n) is 2.87. The number of aromatic nitrogens is 1. The Labute approximate surface area is 131 Å². The monoisotopic (exact) mass is 310 g/mol. The molecular formula is C15H14N6S. The molecule has 0 aliphatic carbocycles. The van der Waals surface area contributed by atoms with E-state index < -0.39 is 0 Å². The van der Waals surface area contributed by atoms with Gasteiger partial charge >= 0.3 is 0 Å². The largest absolute Gasteiger partial charge is 0.370 e. The van der Waals surface area contributed by atoms with Crippen molar-refractivity contribution in [3.63, 3.8) is 0 Å². The summed E-state index contributed by atoms with van der Waals surface area (Å²) in [6.07, 6.45) is 0. The van der Waals surface area contributed by atoms with E-state index in [1.165, 1.54) is 0 Å². The lowest BCUT2D eigenvalue weighted by Crippen LogP contribution is -2.26. The zero-order valence-electron chi connectivity index (χ0n) is 11.6. The van der Waals surface area contributed by atoms with E-state index in [2.05, 4.69) is 21.0 Å². The highest BCUT2D eigenvalue weighted by Crippen LogP contribution is 2.31. The molecule has 0 saturated heterocycles. The summed E-state index contributed by atoms with van der Waals surface area (Å²) in [5.41, 5.74) is 18.8. The van der Waals surface area contributed by atoms with Crippen LogP contribution in [0.2, 0.25) is 0 Å². The van der Waals surface area contributed by atoms with Gasteiger partial charge in [-0.3, -0.25) is 0 Å². The first kappa shape index (κ1) is 14.0. The van der Waals surface area contributed by atoms with E-state index in [0.29, 0.717) is 5.69 Å². The molecule has 0 bridgehead atoms. The second kappa shape index (κ2) is 5.82. The molecule has 22 heavy (non-hydrogen) atoms. The fourth-order valence-corrected chi connectivity index (χ4v) is 2.96. The van der Waals surface area contributed by atoms with Crippen molar-refractivity contribution in [1.82, 2.24) is 4.98 Å². The Kier molecular flexibility index (Phi) is 3.71. The van der Waals surface area contributed by atoms with Gasteiger partial charge in [-0.2, -0.15) is 4.99 Å². The zero-order valence-corrected chi connectivity index (χ0v) is 12.4. The van der Waals surface area contributed by atoms with Crippen LogP contribution >= 0.6 is 11.3 Å². The molecule has 0 spiro atoms. The number of fused-ring (bicyclic) bond motifs is 1.